The van der Waals surface area contributed by atoms with E-state index in [1.165, 1.54) is 11.9 Å². The quantitative estimate of drug-likeness (QED) is 0.754. The molecule has 2 N–H and O–H groups in total. The second kappa shape index (κ2) is 6.41. The normalized spacial score (nSPS) is 12.0. The highest BCUT2D eigenvalue weighted by molar-refractivity contribution is 7.99. The molecule has 1 unspecified atom stereocenters. The van der Waals surface area contributed by atoms with Gasteiger partial charge in [0.15, 0.2) is 5.16 Å². The Kier molecular flexibility index (Phi) is 4.16. The zero-order valence-corrected chi connectivity index (χ0v) is 12.3. The van der Waals surface area contributed by atoms with Gasteiger partial charge in [0.2, 0.25) is 0 Å². The Hall–Kier alpha value is -2.34. The molecule has 3 aromatic rings. The maximum Gasteiger partial charge on any atom is 0.188 e. The summed E-state index contributed by atoms with van der Waals surface area (Å²) in [7, 11) is 0. The van der Waals surface area contributed by atoms with E-state index in [1.807, 2.05) is 24.5 Å². The number of anilines is 1. The second-order valence-corrected chi connectivity index (χ2v) is 5.63. The number of nitrogens with zero attached hydrogens (tertiary/aromatic N) is 3. The van der Waals surface area contributed by atoms with Gasteiger partial charge >= 0.3 is 0 Å². The summed E-state index contributed by atoms with van der Waals surface area (Å²) >= 11 is 1.55. The molecule has 0 radical (unpaired) electrons. The van der Waals surface area contributed by atoms with Gasteiger partial charge in [-0.2, -0.15) is 5.10 Å². The van der Waals surface area contributed by atoms with E-state index in [0.29, 0.717) is 0 Å². The van der Waals surface area contributed by atoms with Crippen molar-refractivity contribution >= 4 is 17.4 Å². The molecule has 2 heterocycles. The summed E-state index contributed by atoms with van der Waals surface area (Å²) in [6.07, 6.45) is 5.13. The van der Waals surface area contributed by atoms with Gasteiger partial charge in [0.05, 0.1) is 0 Å². The number of rotatable bonds is 5. The molecule has 3 rings (SSSR count). The summed E-state index contributed by atoms with van der Waals surface area (Å²) in [5.41, 5.74) is 2.30. The van der Waals surface area contributed by atoms with E-state index in [9.17, 15) is 0 Å². The topological polar surface area (TPSA) is 66.5 Å². The number of benzene rings is 1. The van der Waals surface area contributed by atoms with Crippen molar-refractivity contribution in [2.75, 3.05) is 5.32 Å². The second-order valence-electron chi connectivity index (χ2n) is 4.56. The van der Waals surface area contributed by atoms with Crippen molar-refractivity contribution in [1.82, 2.24) is 20.2 Å². The molecule has 0 aliphatic rings. The predicted octanol–water partition coefficient (Wildman–Crippen LogP) is 3.52. The first kappa shape index (κ1) is 13.6. The Bertz CT molecular complexity index is 667. The average molecular weight is 297 g/mol. The van der Waals surface area contributed by atoms with E-state index in [-0.39, 0.29) is 6.04 Å². The summed E-state index contributed by atoms with van der Waals surface area (Å²) in [6.45, 7) is 2.13. The number of hydrogen-bond acceptors (Lipinski definition) is 5. The third kappa shape index (κ3) is 3.61. The molecule has 6 heteroatoms. The highest BCUT2D eigenvalue weighted by atomic mass is 32.2. The fourth-order valence-electron chi connectivity index (χ4n) is 1.96. The minimum Gasteiger partial charge on any atom is -0.379 e. The highest BCUT2D eigenvalue weighted by Gasteiger charge is 2.05. The molecule has 0 saturated carbocycles. The summed E-state index contributed by atoms with van der Waals surface area (Å²) in [6, 6.07) is 12.5. The lowest BCUT2D eigenvalue weighted by Crippen LogP contribution is -2.06. The minimum absolute atomic E-state index is 0.237. The van der Waals surface area contributed by atoms with Crippen LogP contribution in [0.3, 0.4) is 0 Å². The molecule has 1 atom stereocenters. The van der Waals surface area contributed by atoms with E-state index in [4.69, 9.17) is 0 Å². The van der Waals surface area contributed by atoms with Crippen molar-refractivity contribution in [2.45, 2.75) is 23.0 Å². The van der Waals surface area contributed by atoms with Crippen LogP contribution in [0, 0.1) is 0 Å². The first-order valence-corrected chi connectivity index (χ1v) is 7.42. The summed E-state index contributed by atoms with van der Waals surface area (Å²) in [5, 5.41) is 10.9. The van der Waals surface area contributed by atoms with Crippen LogP contribution in [0.4, 0.5) is 5.69 Å². The summed E-state index contributed by atoms with van der Waals surface area (Å²) in [4.78, 5) is 9.25. The van der Waals surface area contributed by atoms with Crippen LogP contribution in [-0.4, -0.2) is 20.2 Å². The minimum atomic E-state index is 0.237. The Morgan fingerprint density at radius 2 is 1.86 bits per heavy atom. The molecule has 0 spiro atoms. The largest absolute Gasteiger partial charge is 0.379 e. The molecule has 0 amide bonds. The lowest BCUT2D eigenvalue weighted by molar-refractivity contribution is 0.880. The van der Waals surface area contributed by atoms with Crippen LogP contribution in [0.25, 0.3) is 0 Å². The molecule has 21 heavy (non-hydrogen) atoms. The van der Waals surface area contributed by atoms with E-state index < -0.39 is 0 Å². The summed E-state index contributed by atoms with van der Waals surface area (Å²) < 4.78 is 0. The monoisotopic (exact) mass is 297 g/mol. The molecule has 0 saturated heterocycles. The third-order valence-corrected chi connectivity index (χ3v) is 3.95. The average Bonchev–Trinajstić information content (AvgIpc) is 3.03. The first-order chi connectivity index (χ1) is 10.3. The lowest BCUT2D eigenvalue weighted by Gasteiger charge is -2.15. The fraction of sp³-hybridized carbons (Fsp3) is 0.133. The molecule has 106 valence electrons. The standard InChI is InChI=1S/C15H15N5S/c1-11(12-6-8-16-9-7-12)19-13-2-4-14(5-3-13)21-15-17-10-18-20-15/h2-11,19H,1H3,(H,17,18,20). The molecule has 0 aliphatic carbocycles. The van der Waals surface area contributed by atoms with E-state index in [1.54, 1.807) is 11.8 Å². The Labute approximate surface area is 127 Å². The van der Waals surface area contributed by atoms with Gasteiger partial charge in [-0.25, -0.2) is 4.98 Å². The van der Waals surface area contributed by atoms with E-state index in [0.717, 1.165) is 15.7 Å². The van der Waals surface area contributed by atoms with Crippen LogP contribution in [0.1, 0.15) is 18.5 Å². The van der Waals surface area contributed by atoms with Gasteiger partial charge in [-0.3, -0.25) is 10.1 Å². The highest BCUT2D eigenvalue weighted by Crippen LogP contribution is 2.26. The van der Waals surface area contributed by atoms with Crippen LogP contribution in [-0.2, 0) is 0 Å². The van der Waals surface area contributed by atoms with Crippen molar-refractivity contribution in [3.8, 4) is 0 Å². The number of aromatic amines is 1. The van der Waals surface area contributed by atoms with E-state index >= 15 is 0 Å². The first-order valence-electron chi connectivity index (χ1n) is 6.61. The predicted molar refractivity (Wildman–Crippen MR) is 83.2 cm³/mol. The number of pyridine rings is 1. The van der Waals surface area contributed by atoms with Gasteiger partial charge in [0, 0.05) is 29.0 Å². The lowest BCUT2D eigenvalue weighted by atomic mass is 10.1. The van der Waals surface area contributed by atoms with Crippen LogP contribution in [0.2, 0.25) is 0 Å². The van der Waals surface area contributed by atoms with Gasteiger partial charge in [0.25, 0.3) is 0 Å². The van der Waals surface area contributed by atoms with Gasteiger partial charge in [0.1, 0.15) is 6.33 Å². The molecule has 1 aromatic carbocycles. The molecule has 0 aliphatic heterocycles. The van der Waals surface area contributed by atoms with Crippen molar-refractivity contribution < 1.29 is 0 Å². The Balaban J connectivity index is 1.64. The van der Waals surface area contributed by atoms with E-state index in [2.05, 4.69) is 56.7 Å². The smallest absolute Gasteiger partial charge is 0.188 e. The van der Waals surface area contributed by atoms with Crippen molar-refractivity contribution in [2.24, 2.45) is 0 Å². The number of H-pyrrole nitrogens is 1. The Morgan fingerprint density at radius 1 is 1.10 bits per heavy atom. The number of nitrogens with one attached hydrogen (secondary N) is 2. The molecule has 0 bridgehead atoms. The number of hydrogen-bond donors (Lipinski definition) is 2. The van der Waals surface area contributed by atoms with Gasteiger partial charge in [-0.05, 0) is 48.9 Å². The molecule has 2 aromatic heterocycles. The molecule has 0 fully saturated rings. The molecule has 5 nitrogen and oxygen atoms in total. The zero-order valence-electron chi connectivity index (χ0n) is 11.5. The van der Waals surface area contributed by atoms with Gasteiger partial charge < -0.3 is 5.32 Å². The fourth-order valence-corrected chi connectivity index (χ4v) is 2.65. The Morgan fingerprint density at radius 3 is 2.52 bits per heavy atom. The summed E-state index contributed by atoms with van der Waals surface area (Å²) in [5.74, 6) is 0. The third-order valence-electron chi connectivity index (χ3n) is 3.05. The van der Waals surface area contributed by atoms with Crippen molar-refractivity contribution in [1.29, 1.82) is 0 Å². The number of aromatic nitrogens is 4. The van der Waals surface area contributed by atoms with Gasteiger partial charge in [-0.15, -0.1) is 0 Å². The van der Waals surface area contributed by atoms with Crippen molar-refractivity contribution in [3.63, 3.8) is 0 Å². The molecular formula is C15H15N5S. The zero-order chi connectivity index (χ0) is 14.5. The van der Waals surface area contributed by atoms with Crippen LogP contribution in [0.5, 0.6) is 0 Å². The SMILES string of the molecule is CC(Nc1ccc(Sc2ncn[nH]2)cc1)c1ccncc1. The maximum atomic E-state index is 4.10. The molecular weight excluding hydrogens is 282 g/mol. The van der Waals surface area contributed by atoms with Crippen molar-refractivity contribution in [3.05, 3.63) is 60.7 Å². The van der Waals surface area contributed by atoms with Crippen LogP contribution < -0.4 is 5.32 Å². The maximum absolute atomic E-state index is 4.10. The van der Waals surface area contributed by atoms with Crippen LogP contribution in [0.15, 0.2) is 65.2 Å². The van der Waals surface area contributed by atoms with Crippen LogP contribution >= 0.6 is 11.8 Å². The van der Waals surface area contributed by atoms with Gasteiger partial charge in [-0.1, -0.05) is 11.8 Å².